The highest BCUT2D eigenvalue weighted by molar-refractivity contribution is 5.92. The first-order valence-electron chi connectivity index (χ1n) is 9.78. The summed E-state index contributed by atoms with van der Waals surface area (Å²) in [5.41, 5.74) is 5.03. The SMILES string of the molecule is CCCNC1=C(C(=O)OC)C(c2ccccc2)CC(/C=C/c2ccccc2)=C1. The van der Waals surface area contributed by atoms with Gasteiger partial charge in [-0.1, -0.05) is 79.7 Å². The van der Waals surface area contributed by atoms with E-state index in [0.717, 1.165) is 36.2 Å². The molecule has 0 amide bonds. The van der Waals surface area contributed by atoms with Gasteiger partial charge in [-0.3, -0.25) is 0 Å². The molecule has 0 fully saturated rings. The maximum absolute atomic E-state index is 12.6. The smallest absolute Gasteiger partial charge is 0.336 e. The molecule has 0 aliphatic heterocycles. The van der Waals surface area contributed by atoms with Crippen LogP contribution in [0, 0.1) is 0 Å². The fourth-order valence-electron chi connectivity index (χ4n) is 3.47. The minimum atomic E-state index is -0.269. The van der Waals surface area contributed by atoms with Crippen LogP contribution >= 0.6 is 0 Å². The summed E-state index contributed by atoms with van der Waals surface area (Å²) < 4.78 is 5.13. The molecule has 28 heavy (non-hydrogen) atoms. The molecule has 1 N–H and O–H groups in total. The first kappa shape index (κ1) is 19.7. The Bertz CT molecular complexity index is 879. The van der Waals surface area contributed by atoms with Crippen molar-refractivity contribution in [2.24, 2.45) is 0 Å². The summed E-state index contributed by atoms with van der Waals surface area (Å²) in [7, 11) is 1.45. The molecule has 3 nitrogen and oxygen atoms in total. The third kappa shape index (κ3) is 4.80. The Morgan fingerprint density at radius 2 is 1.75 bits per heavy atom. The van der Waals surface area contributed by atoms with Gasteiger partial charge in [0.2, 0.25) is 0 Å². The molecular formula is C25H27NO2. The van der Waals surface area contributed by atoms with Gasteiger partial charge in [0.15, 0.2) is 0 Å². The lowest BCUT2D eigenvalue weighted by molar-refractivity contribution is -0.136. The van der Waals surface area contributed by atoms with E-state index in [1.165, 1.54) is 12.7 Å². The fourth-order valence-corrected chi connectivity index (χ4v) is 3.47. The number of ether oxygens (including phenoxy) is 1. The van der Waals surface area contributed by atoms with Crippen molar-refractivity contribution in [2.45, 2.75) is 25.7 Å². The monoisotopic (exact) mass is 373 g/mol. The fraction of sp³-hybridized carbons (Fsp3) is 0.240. The van der Waals surface area contributed by atoms with Gasteiger partial charge in [-0.05, 0) is 35.6 Å². The quantitative estimate of drug-likeness (QED) is 0.675. The van der Waals surface area contributed by atoms with Gasteiger partial charge in [0.05, 0.1) is 12.7 Å². The highest BCUT2D eigenvalue weighted by Crippen LogP contribution is 2.38. The molecule has 0 saturated heterocycles. The summed E-state index contributed by atoms with van der Waals surface area (Å²) >= 11 is 0. The number of nitrogens with one attached hydrogen (secondary N) is 1. The Kier molecular flexibility index (Phi) is 6.85. The zero-order chi connectivity index (χ0) is 19.8. The number of allylic oxidation sites excluding steroid dienone is 3. The minimum Gasteiger partial charge on any atom is -0.466 e. The van der Waals surface area contributed by atoms with Crippen LogP contribution in [-0.4, -0.2) is 19.6 Å². The van der Waals surface area contributed by atoms with Gasteiger partial charge in [-0.25, -0.2) is 4.79 Å². The van der Waals surface area contributed by atoms with Crippen molar-refractivity contribution in [1.82, 2.24) is 5.32 Å². The molecule has 144 valence electrons. The lowest BCUT2D eigenvalue weighted by atomic mass is 9.80. The van der Waals surface area contributed by atoms with Gasteiger partial charge in [-0.2, -0.15) is 0 Å². The Morgan fingerprint density at radius 3 is 2.39 bits per heavy atom. The molecule has 2 aromatic carbocycles. The number of hydrogen-bond acceptors (Lipinski definition) is 3. The predicted molar refractivity (Wildman–Crippen MR) is 115 cm³/mol. The van der Waals surface area contributed by atoms with Gasteiger partial charge in [0.1, 0.15) is 0 Å². The molecule has 2 aromatic rings. The molecule has 1 unspecified atom stereocenters. The first-order valence-corrected chi connectivity index (χ1v) is 9.78. The van der Waals surface area contributed by atoms with Gasteiger partial charge in [-0.15, -0.1) is 0 Å². The van der Waals surface area contributed by atoms with Crippen LogP contribution in [0.25, 0.3) is 6.08 Å². The van der Waals surface area contributed by atoms with Gasteiger partial charge >= 0.3 is 5.97 Å². The van der Waals surface area contributed by atoms with E-state index < -0.39 is 0 Å². The number of esters is 1. The average molecular weight is 373 g/mol. The molecule has 0 bridgehead atoms. The molecule has 0 radical (unpaired) electrons. The van der Waals surface area contributed by atoms with Crippen molar-refractivity contribution < 1.29 is 9.53 Å². The number of rotatable bonds is 7. The van der Waals surface area contributed by atoms with Crippen molar-refractivity contribution in [2.75, 3.05) is 13.7 Å². The van der Waals surface area contributed by atoms with Crippen molar-refractivity contribution >= 4 is 12.0 Å². The van der Waals surface area contributed by atoms with E-state index in [2.05, 4.69) is 54.7 Å². The van der Waals surface area contributed by atoms with Crippen LogP contribution in [0.15, 0.2) is 89.7 Å². The lowest BCUT2D eigenvalue weighted by Crippen LogP contribution is -2.26. The molecule has 1 atom stereocenters. The largest absolute Gasteiger partial charge is 0.466 e. The molecule has 0 saturated carbocycles. The maximum atomic E-state index is 12.6. The van der Waals surface area contributed by atoms with E-state index in [1.807, 2.05) is 36.4 Å². The summed E-state index contributed by atoms with van der Waals surface area (Å²) in [5, 5.41) is 3.43. The maximum Gasteiger partial charge on any atom is 0.336 e. The number of carbonyl (C=O) groups excluding carboxylic acids is 1. The second-order valence-electron chi connectivity index (χ2n) is 6.88. The van der Waals surface area contributed by atoms with E-state index >= 15 is 0 Å². The Hall–Kier alpha value is -3.07. The molecule has 1 aliphatic carbocycles. The van der Waals surface area contributed by atoms with Crippen LogP contribution in [0.4, 0.5) is 0 Å². The van der Waals surface area contributed by atoms with Crippen LogP contribution in [0.5, 0.6) is 0 Å². The molecule has 0 aromatic heterocycles. The van der Waals surface area contributed by atoms with Crippen LogP contribution in [0.1, 0.15) is 36.8 Å². The number of hydrogen-bond donors (Lipinski definition) is 1. The number of carbonyl (C=O) groups is 1. The second-order valence-corrected chi connectivity index (χ2v) is 6.88. The zero-order valence-corrected chi connectivity index (χ0v) is 16.5. The number of benzene rings is 2. The van der Waals surface area contributed by atoms with Crippen molar-refractivity contribution in [3.05, 3.63) is 101 Å². The van der Waals surface area contributed by atoms with Gasteiger partial charge in [0, 0.05) is 18.2 Å². The van der Waals surface area contributed by atoms with Crippen LogP contribution in [-0.2, 0) is 9.53 Å². The highest BCUT2D eigenvalue weighted by atomic mass is 16.5. The third-order valence-corrected chi connectivity index (χ3v) is 4.87. The van der Waals surface area contributed by atoms with Crippen LogP contribution < -0.4 is 5.32 Å². The van der Waals surface area contributed by atoms with E-state index in [0.29, 0.717) is 5.57 Å². The van der Waals surface area contributed by atoms with Gasteiger partial charge < -0.3 is 10.1 Å². The van der Waals surface area contributed by atoms with Crippen molar-refractivity contribution in [1.29, 1.82) is 0 Å². The molecule has 0 heterocycles. The Labute approximate surface area is 167 Å². The number of methoxy groups -OCH3 is 1. The summed E-state index contributed by atoms with van der Waals surface area (Å²) in [6.07, 6.45) is 8.09. The van der Waals surface area contributed by atoms with E-state index in [9.17, 15) is 4.79 Å². The predicted octanol–water partition coefficient (Wildman–Crippen LogP) is 5.24. The van der Waals surface area contributed by atoms with Gasteiger partial charge in [0.25, 0.3) is 0 Å². The third-order valence-electron chi connectivity index (χ3n) is 4.87. The average Bonchev–Trinajstić information content (AvgIpc) is 2.76. The molecule has 3 rings (SSSR count). The Morgan fingerprint density at radius 1 is 1.07 bits per heavy atom. The summed E-state index contributed by atoms with van der Waals surface area (Å²) in [6.45, 7) is 2.92. The standard InChI is InChI=1S/C25H27NO2/c1-3-16-26-23-18-20(15-14-19-10-6-4-7-11-19)17-22(24(23)25(27)28-2)21-12-8-5-9-13-21/h4-15,18,22,26H,3,16-17H2,1-2H3/b15-14+. The van der Waals surface area contributed by atoms with Crippen molar-refractivity contribution in [3.63, 3.8) is 0 Å². The molecule has 3 heteroatoms. The lowest BCUT2D eigenvalue weighted by Gasteiger charge is -2.27. The summed E-state index contributed by atoms with van der Waals surface area (Å²) in [6, 6.07) is 20.4. The topological polar surface area (TPSA) is 38.3 Å². The highest BCUT2D eigenvalue weighted by Gasteiger charge is 2.30. The molecular weight excluding hydrogens is 346 g/mol. The van der Waals surface area contributed by atoms with Crippen LogP contribution in [0.3, 0.4) is 0 Å². The normalized spacial score (nSPS) is 16.8. The van der Waals surface area contributed by atoms with E-state index in [4.69, 9.17) is 4.74 Å². The molecule has 1 aliphatic rings. The summed E-state index contributed by atoms with van der Waals surface area (Å²) in [5.74, 6) is -0.303. The zero-order valence-electron chi connectivity index (χ0n) is 16.5. The first-order chi connectivity index (χ1) is 13.7. The minimum absolute atomic E-state index is 0.0339. The second kappa shape index (κ2) is 9.75. The van der Waals surface area contributed by atoms with E-state index in [1.54, 1.807) is 0 Å². The summed E-state index contributed by atoms with van der Waals surface area (Å²) in [4.78, 5) is 12.6. The van der Waals surface area contributed by atoms with Crippen molar-refractivity contribution in [3.8, 4) is 0 Å². The Balaban J connectivity index is 2.02. The molecule has 0 spiro atoms. The van der Waals surface area contributed by atoms with Crippen LogP contribution in [0.2, 0.25) is 0 Å². The van der Waals surface area contributed by atoms with E-state index in [-0.39, 0.29) is 11.9 Å².